The topological polar surface area (TPSA) is 35.0 Å². The van der Waals surface area contributed by atoms with Gasteiger partial charge < -0.3 is 4.74 Å². The molecule has 4 atom stereocenters. The summed E-state index contributed by atoms with van der Waals surface area (Å²) in [7, 11) is 0. The smallest absolute Gasteiger partial charge is 0.0971 e. The monoisotopic (exact) mass is 678 g/mol. The third kappa shape index (κ3) is 4.85. The van der Waals surface area contributed by atoms with E-state index in [4.69, 9.17) is 14.7 Å². The molecule has 3 heteroatoms. The molecule has 1 fully saturated rings. The zero-order valence-electron chi connectivity index (χ0n) is 28.9. The van der Waals surface area contributed by atoms with Gasteiger partial charge in [0, 0.05) is 35.0 Å². The number of nitrogens with zero attached hydrogens (tertiary/aromatic N) is 2. The molecule has 11 rings (SSSR count). The van der Waals surface area contributed by atoms with Crippen LogP contribution in [-0.2, 0) is 4.74 Å². The van der Waals surface area contributed by atoms with Crippen LogP contribution < -0.4 is 0 Å². The lowest BCUT2D eigenvalue weighted by atomic mass is 9.80. The van der Waals surface area contributed by atoms with E-state index in [0.29, 0.717) is 5.92 Å². The summed E-state index contributed by atoms with van der Waals surface area (Å²) in [5.41, 5.74) is 11.8. The molecule has 3 aliphatic rings. The molecule has 0 N–H and O–H groups in total. The van der Waals surface area contributed by atoms with Gasteiger partial charge in [0.15, 0.2) is 0 Å². The van der Waals surface area contributed by atoms with E-state index in [1.54, 1.807) is 12.4 Å². The maximum atomic E-state index is 6.59. The van der Waals surface area contributed by atoms with Gasteiger partial charge in [-0.3, -0.25) is 9.97 Å². The Balaban J connectivity index is 0.946. The highest BCUT2D eigenvalue weighted by Crippen LogP contribution is 2.45. The number of benzene rings is 7. The van der Waals surface area contributed by atoms with Gasteiger partial charge in [-0.1, -0.05) is 158 Å². The molecule has 7 aromatic carbocycles. The number of rotatable bonds is 4. The Morgan fingerprint density at radius 2 is 1.06 bits per heavy atom. The summed E-state index contributed by atoms with van der Waals surface area (Å²) in [6.07, 6.45) is 19.3. The summed E-state index contributed by atoms with van der Waals surface area (Å²) in [6, 6.07) is 46.7. The van der Waals surface area contributed by atoms with Crippen LogP contribution in [0.25, 0.3) is 76.7 Å². The van der Waals surface area contributed by atoms with Crippen molar-refractivity contribution in [1.29, 1.82) is 0 Å². The van der Waals surface area contributed by atoms with Crippen LogP contribution in [0, 0.1) is 5.92 Å². The van der Waals surface area contributed by atoms with Gasteiger partial charge in [-0.05, 0) is 78.2 Å². The Bertz CT molecular complexity index is 2860. The van der Waals surface area contributed by atoms with Crippen LogP contribution in [0.2, 0.25) is 0 Å². The van der Waals surface area contributed by atoms with Gasteiger partial charge in [0.05, 0.1) is 23.2 Å². The highest BCUT2D eigenvalue weighted by atomic mass is 16.5. The highest BCUT2D eigenvalue weighted by molar-refractivity contribution is 6.23. The Hall–Kier alpha value is -6.42. The number of fused-ring (bicyclic) bond motifs is 10. The third-order valence-corrected chi connectivity index (χ3v) is 11.5. The summed E-state index contributed by atoms with van der Waals surface area (Å²) in [5.74, 6) is 0.545. The van der Waals surface area contributed by atoms with Crippen LogP contribution in [0.15, 0.2) is 188 Å². The molecule has 8 aromatic rings. The summed E-state index contributed by atoms with van der Waals surface area (Å²) in [6.45, 7) is 0. The fraction of sp³-hybridized carbons (Fsp3) is 0.0800. The van der Waals surface area contributed by atoms with Crippen molar-refractivity contribution in [1.82, 2.24) is 9.97 Å². The van der Waals surface area contributed by atoms with Gasteiger partial charge in [0.25, 0.3) is 0 Å². The summed E-state index contributed by atoms with van der Waals surface area (Å²) >= 11 is 0. The number of aromatic nitrogens is 2. The van der Waals surface area contributed by atoms with Crippen molar-refractivity contribution < 1.29 is 4.74 Å². The molecule has 250 valence electrons. The predicted octanol–water partition coefficient (Wildman–Crippen LogP) is 12.2. The van der Waals surface area contributed by atoms with E-state index in [0.717, 1.165) is 21.8 Å². The highest BCUT2D eigenvalue weighted by Gasteiger charge is 2.42. The molecule has 1 aliphatic heterocycles. The van der Waals surface area contributed by atoms with E-state index in [-0.39, 0.29) is 18.1 Å². The number of ether oxygens (including phenoxy) is 1. The lowest BCUT2D eigenvalue weighted by molar-refractivity contribution is 0.0642. The first-order valence-electron chi connectivity index (χ1n) is 18.5. The van der Waals surface area contributed by atoms with Gasteiger partial charge in [0.1, 0.15) is 0 Å². The van der Waals surface area contributed by atoms with Gasteiger partial charge in [-0.2, -0.15) is 0 Å². The van der Waals surface area contributed by atoms with E-state index in [2.05, 4.69) is 170 Å². The van der Waals surface area contributed by atoms with Crippen molar-refractivity contribution in [3.8, 4) is 33.4 Å². The van der Waals surface area contributed by atoms with E-state index in [1.165, 1.54) is 66.1 Å². The molecule has 1 saturated heterocycles. The molecular weight excluding hydrogens is 645 g/mol. The molecule has 2 aliphatic carbocycles. The molecule has 3 nitrogen and oxygen atoms in total. The average Bonchev–Trinajstić information content (AvgIpc) is 3.62. The van der Waals surface area contributed by atoms with Gasteiger partial charge in [0.2, 0.25) is 0 Å². The van der Waals surface area contributed by atoms with Crippen LogP contribution in [0.1, 0.15) is 11.5 Å². The molecule has 53 heavy (non-hydrogen) atoms. The summed E-state index contributed by atoms with van der Waals surface area (Å²) in [5, 5.41) is 7.13. The van der Waals surface area contributed by atoms with Crippen molar-refractivity contribution in [2.75, 3.05) is 0 Å². The first-order chi connectivity index (χ1) is 26.3. The largest absolute Gasteiger partial charge is 0.365 e. The number of hydrogen-bond acceptors (Lipinski definition) is 3. The minimum absolute atomic E-state index is 0.0762. The fourth-order valence-corrected chi connectivity index (χ4v) is 9.00. The van der Waals surface area contributed by atoms with Crippen molar-refractivity contribution >= 4 is 43.4 Å². The van der Waals surface area contributed by atoms with Crippen LogP contribution in [0.3, 0.4) is 0 Å². The van der Waals surface area contributed by atoms with Crippen LogP contribution in [0.5, 0.6) is 0 Å². The second-order valence-corrected chi connectivity index (χ2v) is 14.4. The maximum Gasteiger partial charge on any atom is 0.0971 e. The van der Waals surface area contributed by atoms with Crippen LogP contribution in [-0.4, -0.2) is 22.2 Å². The van der Waals surface area contributed by atoms with Crippen molar-refractivity contribution in [2.24, 2.45) is 5.92 Å². The summed E-state index contributed by atoms with van der Waals surface area (Å²) < 4.78 is 6.59. The Kier molecular flexibility index (Phi) is 6.89. The number of hydrogen-bond donors (Lipinski definition) is 0. The quantitative estimate of drug-likeness (QED) is 0.174. The zero-order valence-corrected chi connectivity index (χ0v) is 28.9. The van der Waals surface area contributed by atoms with Gasteiger partial charge in [-0.15, -0.1) is 0 Å². The van der Waals surface area contributed by atoms with Gasteiger partial charge >= 0.3 is 0 Å². The molecule has 0 amide bonds. The van der Waals surface area contributed by atoms with E-state index in [9.17, 15) is 0 Å². The predicted molar refractivity (Wildman–Crippen MR) is 219 cm³/mol. The second-order valence-electron chi connectivity index (χ2n) is 14.4. The Morgan fingerprint density at radius 1 is 0.434 bits per heavy atom. The lowest BCUT2D eigenvalue weighted by Gasteiger charge is -2.25. The SMILES string of the molecule is C1=CC2OC3C(=CC=CC3c3ccc(-c4cccc5c(-c6cccc(-c7ccc8c(c7)c7ccccc7c7nccnc87)c6)cccc45)cc3)C2C=C1. The van der Waals surface area contributed by atoms with Gasteiger partial charge in [-0.25, -0.2) is 0 Å². The minimum Gasteiger partial charge on any atom is -0.365 e. The summed E-state index contributed by atoms with van der Waals surface area (Å²) in [4.78, 5) is 9.45. The first kappa shape index (κ1) is 30.2. The Morgan fingerprint density at radius 3 is 1.87 bits per heavy atom. The van der Waals surface area contributed by atoms with Crippen molar-refractivity contribution in [2.45, 2.75) is 18.1 Å². The minimum atomic E-state index is 0.0762. The molecule has 1 aromatic heterocycles. The molecule has 0 saturated carbocycles. The third-order valence-electron chi connectivity index (χ3n) is 11.5. The van der Waals surface area contributed by atoms with Crippen LogP contribution >= 0.6 is 0 Å². The van der Waals surface area contributed by atoms with Crippen LogP contribution in [0.4, 0.5) is 0 Å². The first-order valence-corrected chi connectivity index (χ1v) is 18.5. The zero-order chi connectivity index (χ0) is 34.9. The van der Waals surface area contributed by atoms with E-state index >= 15 is 0 Å². The Labute approximate surface area is 307 Å². The molecule has 0 bridgehead atoms. The van der Waals surface area contributed by atoms with Crippen molar-refractivity contribution in [3.05, 3.63) is 193 Å². The van der Waals surface area contributed by atoms with E-state index < -0.39 is 0 Å². The molecule has 0 spiro atoms. The lowest BCUT2D eigenvalue weighted by Crippen LogP contribution is -2.20. The molecular formula is C50H34N2O. The van der Waals surface area contributed by atoms with E-state index in [1.807, 2.05) is 0 Å². The fourth-order valence-electron chi connectivity index (χ4n) is 9.00. The molecule has 2 heterocycles. The average molecular weight is 679 g/mol. The molecule has 0 radical (unpaired) electrons. The van der Waals surface area contributed by atoms with Crippen molar-refractivity contribution in [3.63, 3.8) is 0 Å². The second kappa shape index (κ2) is 12.1. The standard InChI is InChI=1S/C50H34N2O/c1-2-13-43-41(11-1)46-30-34(25-26-44(46)49-48(43)51-27-28-52-49)33-9-5-10-35(29-33)37-15-7-17-39-36(14-6-18-40(37)39)31-21-23-32(24-22-31)38-16-8-19-45-42-12-3-4-20-47(42)53-50(38)45/h1-30,38,42,47,50H. The normalized spacial score (nSPS) is 20.3. The number of allylic oxidation sites excluding steroid dienone is 4. The maximum absolute atomic E-state index is 6.59. The molecule has 4 unspecified atom stereocenters.